The van der Waals surface area contributed by atoms with Crippen LogP contribution in [0.1, 0.15) is 19.4 Å². The highest BCUT2D eigenvalue weighted by molar-refractivity contribution is 7.98. The van der Waals surface area contributed by atoms with Gasteiger partial charge >= 0.3 is 0 Å². The average molecular weight is 243 g/mol. The van der Waals surface area contributed by atoms with E-state index in [4.69, 9.17) is 16.9 Å². The minimum Gasteiger partial charge on any atom is -0.367 e. The number of nitrogens with zero attached hydrogens (tertiary/aromatic N) is 3. The summed E-state index contributed by atoms with van der Waals surface area (Å²) in [4.78, 5) is 8.18. The molecule has 0 unspecified atom stereocenters. The Morgan fingerprint density at radius 1 is 1.47 bits per heavy atom. The summed E-state index contributed by atoms with van der Waals surface area (Å²) in [6, 6.07) is 2.18. The molecule has 1 aromatic heterocycles. The fourth-order valence-electron chi connectivity index (χ4n) is 0.982. The molecule has 0 bridgehead atoms. The number of halogens is 1. The van der Waals surface area contributed by atoms with Crippen molar-refractivity contribution in [3.05, 3.63) is 10.7 Å². The molecule has 6 heteroatoms. The molecular formula is C9H11ClN4S. The zero-order chi connectivity index (χ0) is 11.4. The van der Waals surface area contributed by atoms with Gasteiger partial charge in [0.05, 0.1) is 0 Å². The van der Waals surface area contributed by atoms with Gasteiger partial charge in [0.15, 0.2) is 10.3 Å². The summed E-state index contributed by atoms with van der Waals surface area (Å²) in [5.41, 5.74) is 0.295. The fourth-order valence-corrected chi connectivity index (χ4v) is 1.61. The van der Waals surface area contributed by atoms with Crippen LogP contribution < -0.4 is 5.32 Å². The quantitative estimate of drug-likeness (QED) is 0.501. The molecule has 80 valence electrons. The van der Waals surface area contributed by atoms with Crippen molar-refractivity contribution in [3.63, 3.8) is 0 Å². The molecule has 0 spiro atoms. The van der Waals surface area contributed by atoms with Crippen LogP contribution in [0.2, 0.25) is 5.15 Å². The Labute approximate surface area is 98.1 Å². The Morgan fingerprint density at radius 3 is 2.60 bits per heavy atom. The van der Waals surface area contributed by atoms with E-state index in [1.807, 2.05) is 26.2 Å². The molecule has 0 atom stereocenters. The minimum atomic E-state index is 0.192. The highest BCUT2D eigenvalue weighted by Crippen LogP contribution is 2.23. The van der Waals surface area contributed by atoms with Crippen molar-refractivity contribution in [2.45, 2.75) is 25.0 Å². The van der Waals surface area contributed by atoms with Crippen LogP contribution >= 0.6 is 23.4 Å². The standard InChI is InChI=1S/C9H11ClN4S/c1-5(2)12-8-6(4-11)7(10)13-9(14-8)15-3/h5H,1-3H3,(H,12,13,14). The van der Waals surface area contributed by atoms with Crippen LogP contribution in [0.25, 0.3) is 0 Å². The summed E-state index contributed by atoms with van der Waals surface area (Å²) in [6.45, 7) is 3.94. The lowest BCUT2D eigenvalue weighted by Gasteiger charge is -2.11. The summed E-state index contributed by atoms with van der Waals surface area (Å²) in [5.74, 6) is 0.497. The first-order chi connectivity index (χ1) is 7.08. The lowest BCUT2D eigenvalue weighted by Crippen LogP contribution is -2.13. The van der Waals surface area contributed by atoms with Crippen LogP contribution in [-0.2, 0) is 0 Å². The van der Waals surface area contributed by atoms with E-state index in [1.165, 1.54) is 11.8 Å². The van der Waals surface area contributed by atoms with Gasteiger partial charge in [-0.25, -0.2) is 9.97 Å². The summed E-state index contributed by atoms with van der Waals surface area (Å²) < 4.78 is 0. The summed E-state index contributed by atoms with van der Waals surface area (Å²) in [5, 5.41) is 12.7. The van der Waals surface area contributed by atoms with E-state index in [1.54, 1.807) is 0 Å². The van der Waals surface area contributed by atoms with Crippen LogP contribution in [0.3, 0.4) is 0 Å². The maximum Gasteiger partial charge on any atom is 0.190 e. The van der Waals surface area contributed by atoms with Crippen molar-refractivity contribution in [2.75, 3.05) is 11.6 Å². The van der Waals surface area contributed by atoms with Gasteiger partial charge in [-0.15, -0.1) is 0 Å². The normalized spacial score (nSPS) is 10.1. The van der Waals surface area contributed by atoms with E-state index in [-0.39, 0.29) is 11.2 Å². The van der Waals surface area contributed by atoms with Gasteiger partial charge in [0.25, 0.3) is 0 Å². The van der Waals surface area contributed by atoms with E-state index in [9.17, 15) is 0 Å². The maximum atomic E-state index is 8.91. The van der Waals surface area contributed by atoms with Crippen LogP contribution in [0.5, 0.6) is 0 Å². The Kier molecular flexibility index (Phi) is 4.18. The zero-order valence-corrected chi connectivity index (χ0v) is 10.3. The third-order valence-electron chi connectivity index (χ3n) is 1.56. The van der Waals surface area contributed by atoms with Crippen LogP contribution in [0.15, 0.2) is 5.16 Å². The van der Waals surface area contributed by atoms with Gasteiger partial charge < -0.3 is 5.32 Å². The Morgan fingerprint density at radius 2 is 2.13 bits per heavy atom. The largest absolute Gasteiger partial charge is 0.367 e. The van der Waals surface area contributed by atoms with E-state index in [2.05, 4.69) is 15.3 Å². The Hall–Kier alpha value is -0.990. The first-order valence-corrected chi connectivity index (χ1v) is 5.97. The van der Waals surface area contributed by atoms with Crippen molar-refractivity contribution in [1.82, 2.24) is 9.97 Å². The van der Waals surface area contributed by atoms with E-state index in [0.717, 1.165) is 0 Å². The second-order valence-corrected chi connectivity index (χ2v) is 4.27. The summed E-state index contributed by atoms with van der Waals surface area (Å²) in [6.07, 6.45) is 1.86. The number of nitriles is 1. The monoisotopic (exact) mass is 242 g/mol. The van der Waals surface area contributed by atoms with Crippen LogP contribution in [0.4, 0.5) is 5.82 Å². The third-order valence-corrected chi connectivity index (χ3v) is 2.39. The summed E-state index contributed by atoms with van der Waals surface area (Å²) in [7, 11) is 0. The first-order valence-electron chi connectivity index (χ1n) is 4.36. The number of thioether (sulfide) groups is 1. The molecule has 0 aromatic carbocycles. The molecule has 0 saturated heterocycles. The van der Waals surface area contributed by atoms with Gasteiger partial charge in [-0.1, -0.05) is 23.4 Å². The number of hydrogen-bond acceptors (Lipinski definition) is 5. The minimum absolute atomic E-state index is 0.192. The topological polar surface area (TPSA) is 61.6 Å². The molecule has 1 rings (SSSR count). The van der Waals surface area contributed by atoms with E-state index >= 15 is 0 Å². The van der Waals surface area contributed by atoms with E-state index < -0.39 is 0 Å². The van der Waals surface area contributed by atoms with Crippen molar-refractivity contribution in [1.29, 1.82) is 5.26 Å². The van der Waals surface area contributed by atoms with Crippen molar-refractivity contribution < 1.29 is 0 Å². The number of rotatable bonds is 3. The highest BCUT2D eigenvalue weighted by atomic mass is 35.5. The van der Waals surface area contributed by atoms with Crippen molar-refractivity contribution >= 4 is 29.2 Å². The number of hydrogen-bond donors (Lipinski definition) is 1. The third kappa shape index (κ3) is 2.98. The van der Waals surface area contributed by atoms with Gasteiger partial charge in [-0.3, -0.25) is 0 Å². The molecule has 0 amide bonds. The van der Waals surface area contributed by atoms with Crippen LogP contribution in [0, 0.1) is 11.3 Å². The first kappa shape index (κ1) is 12.1. The van der Waals surface area contributed by atoms with Gasteiger partial charge in [-0.2, -0.15) is 5.26 Å². The number of anilines is 1. The highest BCUT2D eigenvalue weighted by Gasteiger charge is 2.12. The van der Waals surface area contributed by atoms with Gasteiger partial charge in [0.2, 0.25) is 0 Å². The molecule has 0 aliphatic carbocycles. The molecule has 4 nitrogen and oxygen atoms in total. The van der Waals surface area contributed by atoms with Gasteiger partial charge in [-0.05, 0) is 20.1 Å². The second kappa shape index (κ2) is 5.19. The SMILES string of the molecule is CSc1nc(Cl)c(C#N)c(NC(C)C)n1. The summed E-state index contributed by atoms with van der Waals surface area (Å²) >= 11 is 7.26. The molecule has 0 saturated carbocycles. The molecule has 0 fully saturated rings. The zero-order valence-electron chi connectivity index (χ0n) is 8.71. The lowest BCUT2D eigenvalue weighted by atomic mass is 10.3. The molecule has 15 heavy (non-hydrogen) atoms. The Bertz CT molecular complexity index is 400. The van der Waals surface area contributed by atoms with Crippen molar-refractivity contribution in [2.24, 2.45) is 0 Å². The molecular weight excluding hydrogens is 232 g/mol. The van der Waals surface area contributed by atoms with Gasteiger partial charge in [0, 0.05) is 6.04 Å². The maximum absolute atomic E-state index is 8.91. The van der Waals surface area contributed by atoms with Crippen molar-refractivity contribution in [3.8, 4) is 6.07 Å². The molecule has 0 aliphatic rings. The van der Waals surface area contributed by atoms with E-state index in [0.29, 0.717) is 16.5 Å². The molecule has 1 aromatic rings. The number of nitrogens with one attached hydrogen (secondary N) is 1. The molecule has 1 N–H and O–H groups in total. The molecule has 0 radical (unpaired) electrons. The predicted octanol–water partition coefficient (Wildman–Crippen LogP) is 2.54. The Balaban J connectivity index is 3.21. The van der Waals surface area contributed by atoms with Gasteiger partial charge in [0.1, 0.15) is 17.5 Å². The smallest absolute Gasteiger partial charge is 0.190 e. The molecule has 0 aliphatic heterocycles. The predicted molar refractivity (Wildman–Crippen MR) is 62.3 cm³/mol. The fraction of sp³-hybridized carbons (Fsp3) is 0.444. The number of aromatic nitrogens is 2. The second-order valence-electron chi connectivity index (χ2n) is 3.14. The van der Waals surface area contributed by atoms with Crippen LogP contribution in [-0.4, -0.2) is 22.3 Å². The molecule has 1 heterocycles. The average Bonchev–Trinajstić information content (AvgIpc) is 2.16. The lowest BCUT2D eigenvalue weighted by molar-refractivity contribution is 0.865.